The van der Waals surface area contributed by atoms with E-state index in [1.54, 1.807) is 4.90 Å². The maximum atomic E-state index is 12.4. The van der Waals surface area contributed by atoms with Gasteiger partial charge in [-0.3, -0.25) is 4.79 Å². The molecule has 3 amide bonds. The van der Waals surface area contributed by atoms with Gasteiger partial charge in [0.1, 0.15) is 5.75 Å². The second kappa shape index (κ2) is 10.5. The molecule has 0 bridgehead atoms. The fourth-order valence-corrected chi connectivity index (χ4v) is 3.51. The Kier molecular flexibility index (Phi) is 7.50. The van der Waals surface area contributed by atoms with Crippen LogP contribution in [-0.2, 0) is 11.2 Å². The highest BCUT2D eigenvalue weighted by atomic mass is 16.5. The third-order valence-electron chi connectivity index (χ3n) is 5.07. The molecule has 0 unspecified atom stereocenters. The van der Waals surface area contributed by atoms with E-state index in [1.165, 1.54) is 0 Å². The molecule has 0 saturated carbocycles. The predicted molar refractivity (Wildman–Crippen MR) is 114 cm³/mol. The number of hydrogen-bond donors (Lipinski definition) is 2. The monoisotopic (exact) mass is 395 g/mol. The molecule has 1 heterocycles. The SMILES string of the molecule is CCOc1ccccc1CCC(=O)NC1CCN(C(=O)Nc2ccccc2)CC1. The van der Waals surface area contributed by atoms with E-state index in [0.717, 1.165) is 29.8 Å². The van der Waals surface area contributed by atoms with Crippen LogP contribution in [-0.4, -0.2) is 42.6 Å². The van der Waals surface area contributed by atoms with Crippen molar-refractivity contribution in [2.24, 2.45) is 0 Å². The smallest absolute Gasteiger partial charge is 0.321 e. The van der Waals surface area contributed by atoms with Gasteiger partial charge in [0, 0.05) is 31.2 Å². The molecule has 0 spiro atoms. The zero-order valence-electron chi connectivity index (χ0n) is 16.9. The van der Waals surface area contributed by atoms with Gasteiger partial charge in [0.2, 0.25) is 5.91 Å². The lowest BCUT2D eigenvalue weighted by Gasteiger charge is -2.32. The first-order valence-corrected chi connectivity index (χ1v) is 10.3. The van der Waals surface area contributed by atoms with Crippen molar-refractivity contribution in [3.63, 3.8) is 0 Å². The average Bonchev–Trinajstić information content (AvgIpc) is 2.74. The molecule has 0 aromatic heterocycles. The van der Waals surface area contributed by atoms with E-state index in [4.69, 9.17) is 4.74 Å². The molecular formula is C23H29N3O3. The standard InChI is InChI=1S/C23H29N3O3/c1-2-29-21-11-7-6-8-18(21)12-13-22(27)24-20-14-16-26(17-15-20)23(28)25-19-9-4-3-5-10-19/h3-11,20H,2,12-17H2,1H3,(H,24,27)(H,25,28). The van der Waals surface area contributed by atoms with E-state index in [9.17, 15) is 9.59 Å². The van der Waals surface area contributed by atoms with Gasteiger partial charge in [0.05, 0.1) is 6.61 Å². The molecular weight excluding hydrogens is 366 g/mol. The summed E-state index contributed by atoms with van der Waals surface area (Å²) in [5.41, 5.74) is 1.84. The number of carbonyl (C=O) groups excluding carboxylic acids is 2. The summed E-state index contributed by atoms with van der Waals surface area (Å²) in [7, 11) is 0. The number of amides is 3. The second-order valence-electron chi connectivity index (χ2n) is 7.17. The number of carbonyl (C=O) groups is 2. The van der Waals surface area contributed by atoms with Crippen LogP contribution in [0.3, 0.4) is 0 Å². The van der Waals surface area contributed by atoms with Gasteiger partial charge in [-0.05, 0) is 49.9 Å². The largest absolute Gasteiger partial charge is 0.494 e. The molecule has 1 saturated heterocycles. The molecule has 2 aromatic rings. The van der Waals surface area contributed by atoms with Crippen LogP contribution in [0.4, 0.5) is 10.5 Å². The summed E-state index contributed by atoms with van der Waals surface area (Å²) in [6.07, 6.45) is 2.62. The van der Waals surface area contributed by atoms with Gasteiger partial charge in [-0.15, -0.1) is 0 Å². The Balaban J connectivity index is 1.40. The van der Waals surface area contributed by atoms with Crippen LogP contribution in [0.1, 0.15) is 31.7 Å². The molecule has 3 rings (SSSR count). The molecule has 29 heavy (non-hydrogen) atoms. The van der Waals surface area contributed by atoms with Crippen LogP contribution in [0.5, 0.6) is 5.75 Å². The van der Waals surface area contributed by atoms with Crippen LogP contribution in [0, 0.1) is 0 Å². The molecule has 1 aliphatic rings. The quantitative estimate of drug-likeness (QED) is 0.748. The van der Waals surface area contributed by atoms with Crippen molar-refractivity contribution in [2.45, 2.75) is 38.6 Å². The normalized spacial score (nSPS) is 14.3. The topological polar surface area (TPSA) is 70.7 Å². The Morgan fingerprint density at radius 3 is 2.45 bits per heavy atom. The van der Waals surface area contributed by atoms with Crippen LogP contribution >= 0.6 is 0 Å². The van der Waals surface area contributed by atoms with E-state index < -0.39 is 0 Å². The molecule has 154 valence electrons. The van der Waals surface area contributed by atoms with E-state index in [-0.39, 0.29) is 18.0 Å². The zero-order chi connectivity index (χ0) is 20.5. The summed E-state index contributed by atoms with van der Waals surface area (Å²) in [5, 5.41) is 6.02. The van der Waals surface area contributed by atoms with E-state index >= 15 is 0 Å². The highest BCUT2D eigenvalue weighted by molar-refractivity contribution is 5.89. The summed E-state index contributed by atoms with van der Waals surface area (Å²) >= 11 is 0. The van der Waals surface area contributed by atoms with Crippen LogP contribution in [0.25, 0.3) is 0 Å². The molecule has 0 aliphatic carbocycles. The summed E-state index contributed by atoms with van der Waals surface area (Å²) in [4.78, 5) is 26.5. The third kappa shape index (κ3) is 6.24. The number of rotatable bonds is 7. The van der Waals surface area contributed by atoms with Gasteiger partial charge in [0.15, 0.2) is 0 Å². The first kappa shape index (κ1) is 20.7. The van der Waals surface area contributed by atoms with Crippen molar-refractivity contribution >= 4 is 17.6 Å². The first-order chi connectivity index (χ1) is 14.2. The van der Waals surface area contributed by atoms with Crippen molar-refractivity contribution in [3.8, 4) is 5.75 Å². The third-order valence-corrected chi connectivity index (χ3v) is 5.07. The Bertz CT molecular complexity index is 802. The summed E-state index contributed by atoms with van der Waals surface area (Å²) in [6, 6.07) is 17.3. The summed E-state index contributed by atoms with van der Waals surface area (Å²) < 4.78 is 5.62. The van der Waals surface area contributed by atoms with Gasteiger partial charge >= 0.3 is 6.03 Å². The molecule has 2 aromatic carbocycles. The minimum absolute atomic E-state index is 0.0449. The van der Waals surface area contributed by atoms with E-state index in [0.29, 0.717) is 32.5 Å². The average molecular weight is 396 g/mol. The summed E-state index contributed by atoms with van der Waals surface area (Å²) in [6.45, 7) is 3.84. The van der Waals surface area contributed by atoms with Crippen molar-refractivity contribution in [1.29, 1.82) is 0 Å². The Morgan fingerprint density at radius 2 is 1.72 bits per heavy atom. The van der Waals surface area contributed by atoms with Gasteiger partial charge in [-0.1, -0.05) is 36.4 Å². The van der Waals surface area contributed by atoms with Gasteiger partial charge in [-0.2, -0.15) is 0 Å². The van der Waals surface area contributed by atoms with Crippen molar-refractivity contribution in [1.82, 2.24) is 10.2 Å². The number of para-hydroxylation sites is 2. The van der Waals surface area contributed by atoms with Gasteiger partial charge in [0.25, 0.3) is 0 Å². The fraction of sp³-hybridized carbons (Fsp3) is 0.391. The van der Waals surface area contributed by atoms with E-state index in [1.807, 2.05) is 61.5 Å². The molecule has 0 atom stereocenters. The highest BCUT2D eigenvalue weighted by Crippen LogP contribution is 2.20. The maximum Gasteiger partial charge on any atom is 0.321 e. The maximum absolute atomic E-state index is 12.4. The lowest BCUT2D eigenvalue weighted by Crippen LogP contribution is -2.47. The zero-order valence-corrected chi connectivity index (χ0v) is 16.9. The lowest BCUT2D eigenvalue weighted by molar-refractivity contribution is -0.122. The number of nitrogens with zero attached hydrogens (tertiary/aromatic N) is 1. The second-order valence-corrected chi connectivity index (χ2v) is 7.17. The van der Waals surface area contributed by atoms with E-state index in [2.05, 4.69) is 10.6 Å². The molecule has 1 fully saturated rings. The highest BCUT2D eigenvalue weighted by Gasteiger charge is 2.23. The van der Waals surface area contributed by atoms with Crippen molar-refractivity contribution < 1.29 is 14.3 Å². The minimum atomic E-state index is -0.0893. The number of hydrogen-bond acceptors (Lipinski definition) is 3. The Hall–Kier alpha value is -3.02. The number of urea groups is 1. The number of ether oxygens (including phenoxy) is 1. The molecule has 0 radical (unpaired) electrons. The number of likely N-dealkylation sites (tertiary alicyclic amines) is 1. The molecule has 6 nitrogen and oxygen atoms in total. The summed E-state index contributed by atoms with van der Waals surface area (Å²) in [5.74, 6) is 0.893. The Labute approximate surface area is 172 Å². The number of benzene rings is 2. The number of piperidine rings is 1. The first-order valence-electron chi connectivity index (χ1n) is 10.3. The molecule has 6 heteroatoms. The number of anilines is 1. The van der Waals surface area contributed by atoms with Crippen LogP contribution < -0.4 is 15.4 Å². The van der Waals surface area contributed by atoms with Crippen LogP contribution in [0.15, 0.2) is 54.6 Å². The van der Waals surface area contributed by atoms with Gasteiger partial charge in [-0.25, -0.2) is 4.79 Å². The van der Waals surface area contributed by atoms with Crippen molar-refractivity contribution in [3.05, 3.63) is 60.2 Å². The minimum Gasteiger partial charge on any atom is -0.494 e. The molecule has 2 N–H and O–H groups in total. The van der Waals surface area contributed by atoms with Crippen molar-refractivity contribution in [2.75, 3.05) is 25.0 Å². The van der Waals surface area contributed by atoms with Gasteiger partial charge < -0.3 is 20.3 Å². The Morgan fingerprint density at radius 1 is 1.03 bits per heavy atom. The number of nitrogens with one attached hydrogen (secondary N) is 2. The fourth-order valence-electron chi connectivity index (χ4n) is 3.51. The number of aryl methyl sites for hydroxylation is 1. The predicted octanol–water partition coefficient (Wildman–Crippen LogP) is 3.83. The lowest BCUT2D eigenvalue weighted by atomic mass is 10.0. The van der Waals surface area contributed by atoms with Crippen LogP contribution in [0.2, 0.25) is 0 Å². The molecule has 1 aliphatic heterocycles.